The molecule has 18 heavy (non-hydrogen) atoms. The van der Waals surface area contributed by atoms with Gasteiger partial charge >= 0.3 is 6.03 Å². The normalized spacial score (nSPS) is 9.83. The van der Waals surface area contributed by atoms with Crippen molar-refractivity contribution in [1.29, 1.82) is 0 Å². The number of nitrogens with one attached hydrogen (secondary N) is 1. The lowest BCUT2D eigenvalue weighted by Crippen LogP contribution is -2.41. The molecule has 1 rings (SSSR count). The number of urea groups is 1. The van der Waals surface area contributed by atoms with E-state index in [1.165, 1.54) is 11.3 Å². The van der Waals surface area contributed by atoms with Gasteiger partial charge < -0.3 is 16.0 Å². The lowest BCUT2D eigenvalue weighted by atomic mass is 10.3. The van der Waals surface area contributed by atoms with E-state index in [2.05, 4.69) is 11.9 Å². The summed E-state index contributed by atoms with van der Waals surface area (Å²) in [6, 6.07) is 2.92. The topological polar surface area (TPSA) is 75.4 Å². The molecule has 1 aromatic heterocycles. The van der Waals surface area contributed by atoms with E-state index in [1.54, 1.807) is 17.0 Å². The third kappa shape index (κ3) is 4.77. The van der Waals surface area contributed by atoms with Crippen LogP contribution in [0.3, 0.4) is 0 Å². The minimum absolute atomic E-state index is 0.123. The molecule has 0 atom stereocenters. The first-order chi connectivity index (χ1) is 8.52. The molecule has 0 unspecified atom stereocenters. The second kappa shape index (κ2) is 7.03. The summed E-state index contributed by atoms with van der Waals surface area (Å²) in [5, 5.41) is 2.27. The van der Waals surface area contributed by atoms with Gasteiger partial charge in [-0.25, -0.2) is 4.79 Å². The van der Waals surface area contributed by atoms with Crippen LogP contribution in [-0.4, -0.2) is 29.9 Å². The first kappa shape index (κ1) is 14.5. The third-order valence-corrected chi connectivity index (χ3v) is 3.31. The summed E-state index contributed by atoms with van der Waals surface area (Å²) in [5.74, 6) is -0.224. The van der Waals surface area contributed by atoms with Crippen LogP contribution in [0.15, 0.2) is 24.8 Å². The molecule has 1 heterocycles. The molecule has 0 spiro atoms. The number of hydrogen-bond donors (Lipinski definition) is 2. The molecule has 0 radical (unpaired) electrons. The van der Waals surface area contributed by atoms with E-state index >= 15 is 0 Å². The molecule has 5 nitrogen and oxygen atoms in total. The van der Waals surface area contributed by atoms with Gasteiger partial charge in [-0.1, -0.05) is 17.7 Å². The smallest absolute Gasteiger partial charge is 0.312 e. The summed E-state index contributed by atoms with van der Waals surface area (Å²) in [6.45, 7) is 4.30. The molecule has 3 amide bonds. The van der Waals surface area contributed by atoms with Crippen molar-refractivity contribution in [2.24, 2.45) is 5.73 Å². The molecule has 0 aliphatic carbocycles. The third-order valence-electron chi connectivity index (χ3n) is 2.09. The van der Waals surface area contributed by atoms with Crippen LogP contribution in [0.2, 0.25) is 4.34 Å². The molecular weight excluding hydrogens is 274 g/mol. The number of nitrogens with two attached hydrogens (primary N) is 1. The van der Waals surface area contributed by atoms with Gasteiger partial charge in [0, 0.05) is 11.4 Å². The summed E-state index contributed by atoms with van der Waals surface area (Å²) >= 11 is 7.23. The van der Waals surface area contributed by atoms with Crippen molar-refractivity contribution in [3.05, 3.63) is 34.0 Å². The minimum Gasteiger partial charge on any atom is -0.352 e. The second-order valence-electron chi connectivity index (χ2n) is 3.49. The first-order valence-corrected chi connectivity index (χ1v) is 6.38. The highest BCUT2D eigenvalue weighted by molar-refractivity contribution is 7.16. The van der Waals surface area contributed by atoms with Gasteiger partial charge in [-0.05, 0) is 12.1 Å². The number of hydrogen-bond acceptors (Lipinski definition) is 3. The monoisotopic (exact) mass is 287 g/mol. The van der Waals surface area contributed by atoms with Crippen LogP contribution in [0.1, 0.15) is 4.88 Å². The highest BCUT2D eigenvalue weighted by Gasteiger charge is 2.14. The molecular formula is C11H14ClN3O2S. The summed E-state index contributed by atoms with van der Waals surface area (Å²) in [4.78, 5) is 24.9. The number of nitrogens with zero attached hydrogens (tertiary/aromatic N) is 1. The summed E-state index contributed by atoms with van der Waals surface area (Å²) < 4.78 is 0.672. The van der Waals surface area contributed by atoms with Gasteiger partial charge in [-0.15, -0.1) is 17.9 Å². The zero-order valence-electron chi connectivity index (χ0n) is 9.69. The minimum atomic E-state index is -0.721. The van der Waals surface area contributed by atoms with Gasteiger partial charge in [0.1, 0.15) is 0 Å². The number of carbonyl (C=O) groups excluding carboxylic acids is 2. The number of carbonyl (C=O) groups is 2. The second-order valence-corrected chi connectivity index (χ2v) is 5.29. The first-order valence-electron chi connectivity index (χ1n) is 5.19. The van der Waals surface area contributed by atoms with Crippen molar-refractivity contribution >= 4 is 34.9 Å². The SMILES string of the molecule is C=CCN(Cc1ccc(Cl)s1)C(=O)CNC(N)=O. The zero-order valence-corrected chi connectivity index (χ0v) is 11.3. The quantitative estimate of drug-likeness (QED) is 0.780. The predicted octanol–water partition coefficient (Wildman–Crippen LogP) is 1.58. The zero-order chi connectivity index (χ0) is 13.5. The fraction of sp³-hybridized carbons (Fsp3) is 0.273. The van der Waals surface area contributed by atoms with E-state index in [4.69, 9.17) is 17.3 Å². The van der Waals surface area contributed by atoms with Gasteiger partial charge in [-0.3, -0.25) is 4.79 Å². The van der Waals surface area contributed by atoms with Gasteiger partial charge in [0.2, 0.25) is 5.91 Å². The van der Waals surface area contributed by atoms with Crippen molar-refractivity contribution in [3.63, 3.8) is 0 Å². The number of rotatable bonds is 6. The van der Waals surface area contributed by atoms with Crippen molar-refractivity contribution in [1.82, 2.24) is 10.2 Å². The van der Waals surface area contributed by atoms with Crippen LogP contribution >= 0.6 is 22.9 Å². The van der Waals surface area contributed by atoms with Crippen LogP contribution in [0, 0.1) is 0 Å². The number of halogens is 1. The fourth-order valence-electron chi connectivity index (χ4n) is 1.31. The Labute approximate surface area is 114 Å². The molecule has 0 saturated heterocycles. The number of primary amides is 1. The maximum atomic E-state index is 11.8. The van der Waals surface area contributed by atoms with E-state index < -0.39 is 6.03 Å². The number of thiophene rings is 1. The largest absolute Gasteiger partial charge is 0.352 e. The van der Waals surface area contributed by atoms with E-state index in [9.17, 15) is 9.59 Å². The Morgan fingerprint density at radius 3 is 2.78 bits per heavy atom. The van der Waals surface area contributed by atoms with Gasteiger partial charge in [-0.2, -0.15) is 0 Å². The maximum Gasteiger partial charge on any atom is 0.312 e. The fourth-order valence-corrected chi connectivity index (χ4v) is 2.41. The predicted molar refractivity (Wildman–Crippen MR) is 72.5 cm³/mol. The Kier molecular flexibility index (Phi) is 5.67. The lowest BCUT2D eigenvalue weighted by Gasteiger charge is -2.20. The maximum absolute atomic E-state index is 11.8. The molecule has 0 saturated carbocycles. The summed E-state index contributed by atoms with van der Waals surface area (Å²) in [7, 11) is 0. The molecule has 1 aromatic rings. The lowest BCUT2D eigenvalue weighted by molar-refractivity contribution is -0.130. The molecule has 3 N–H and O–H groups in total. The van der Waals surface area contributed by atoms with Crippen LogP contribution in [0.4, 0.5) is 4.79 Å². The molecule has 98 valence electrons. The van der Waals surface area contributed by atoms with Crippen LogP contribution < -0.4 is 11.1 Å². The van der Waals surface area contributed by atoms with Crippen LogP contribution in [0.25, 0.3) is 0 Å². The summed E-state index contributed by atoms with van der Waals surface area (Å²) in [6.07, 6.45) is 1.62. The molecule has 0 aliphatic rings. The highest BCUT2D eigenvalue weighted by Crippen LogP contribution is 2.22. The van der Waals surface area contributed by atoms with Gasteiger partial charge in [0.25, 0.3) is 0 Å². The molecule has 0 fully saturated rings. The standard InChI is InChI=1S/C11H14ClN3O2S/c1-2-5-15(10(16)6-14-11(13)17)7-8-3-4-9(12)18-8/h2-4H,1,5-7H2,(H3,13,14,17). The van der Waals surface area contributed by atoms with E-state index in [0.29, 0.717) is 17.4 Å². The highest BCUT2D eigenvalue weighted by atomic mass is 35.5. The van der Waals surface area contributed by atoms with Gasteiger partial charge in [0.15, 0.2) is 0 Å². The van der Waals surface area contributed by atoms with Crippen molar-refractivity contribution in [2.45, 2.75) is 6.54 Å². The van der Waals surface area contributed by atoms with E-state index in [-0.39, 0.29) is 12.5 Å². The van der Waals surface area contributed by atoms with Gasteiger partial charge in [0.05, 0.1) is 17.4 Å². The van der Waals surface area contributed by atoms with Crippen molar-refractivity contribution in [3.8, 4) is 0 Å². The van der Waals surface area contributed by atoms with E-state index in [0.717, 1.165) is 4.88 Å². The van der Waals surface area contributed by atoms with E-state index in [1.807, 2.05) is 6.07 Å². The molecule has 0 aliphatic heterocycles. The average molecular weight is 288 g/mol. The Morgan fingerprint density at radius 1 is 1.56 bits per heavy atom. The van der Waals surface area contributed by atoms with Crippen molar-refractivity contribution in [2.75, 3.05) is 13.1 Å². The average Bonchev–Trinajstić information content (AvgIpc) is 2.71. The number of amides is 3. The molecule has 0 aromatic carbocycles. The Hall–Kier alpha value is -1.53. The molecule has 0 bridgehead atoms. The summed E-state index contributed by atoms with van der Waals surface area (Å²) in [5.41, 5.74) is 4.91. The van der Waals surface area contributed by atoms with Crippen LogP contribution in [-0.2, 0) is 11.3 Å². The molecule has 7 heteroatoms. The Bertz CT molecular complexity index is 447. The van der Waals surface area contributed by atoms with Crippen LogP contribution in [0.5, 0.6) is 0 Å². The Morgan fingerprint density at radius 2 is 2.28 bits per heavy atom. The Balaban J connectivity index is 2.61. The van der Waals surface area contributed by atoms with Crippen molar-refractivity contribution < 1.29 is 9.59 Å².